The standard InChI is InChI=1S/C3H6N6.CH4N2O.CH2O.H2O3S/c4-1-7-2(5)9-3(6)8-1;2-1(3)4;1-2;1-4(2)3/h(H6,4,5,6,7,8,9);(H4,2,3,4);1H2;(H2,1,2,3). The number of carbonyl (C=O) groups excluding carboxylic acids is 2. The lowest BCUT2D eigenvalue weighted by Gasteiger charge is -1.93. The monoisotopic (exact) mass is 298 g/mol. The van der Waals surface area contributed by atoms with Crippen molar-refractivity contribution >= 4 is 42.0 Å². The Balaban J connectivity index is -0.000000217. The number of hydrogen-bond donors (Lipinski definition) is 7. The summed E-state index contributed by atoms with van der Waals surface area (Å²) in [6, 6.07) is -0.833. The third-order valence-corrected chi connectivity index (χ3v) is 0.687. The summed E-state index contributed by atoms with van der Waals surface area (Å²) in [6.45, 7) is 2.00. The molecular weight excluding hydrogens is 284 g/mol. The summed E-state index contributed by atoms with van der Waals surface area (Å²) in [5, 5.41) is 0. The summed E-state index contributed by atoms with van der Waals surface area (Å²) in [5.41, 5.74) is 23.9. The fraction of sp³-hybridized carbons (Fsp3) is 0. The van der Waals surface area contributed by atoms with Crippen LogP contribution in [-0.2, 0) is 16.2 Å². The van der Waals surface area contributed by atoms with Gasteiger partial charge in [-0.05, 0) is 0 Å². The number of amides is 2. The predicted molar refractivity (Wildman–Crippen MR) is 67.4 cm³/mol. The summed E-state index contributed by atoms with van der Waals surface area (Å²) < 4.78 is 22.8. The minimum Gasteiger partial charge on any atom is -0.368 e. The molecule has 0 saturated heterocycles. The molecule has 14 heteroatoms. The lowest BCUT2D eigenvalue weighted by atomic mass is 10.9. The summed E-state index contributed by atoms with van der Waals surface area (Å²) in [7, 11) is 0. The van der Waals surface area contributed by atoms with E-state index in [1.54, 1.807) is 0 Å². The van der Waals surface area contributed by atoms with Gasteiger partial charge < -0.3 is 33.5 Å². The first-order valence-corrected chi connectivity index (χ1v) is 4.87. The number of primary amides is 2. The molecule has 1 aromatic heterocycles. The minimum absolute atomic E-state index is 0.0417. The Kier molecular flexibility index (Phi) is 15.4. The summed E-state index contributed by atoms with van der Waals surface area (Å²) in [5.74, 6) is 0.125. The lowest BCUT2D eigenvalue weighted by molar-refractivity contribution is -0.0980. The molecule has 0 atom stereocenters. The topological polar surface area (TPSA) is 260 Å². The van der Waals surface area contributed by atoms with Gasteiger partial charge in [-0.1, -0.05) is 0 Å². The van der Waals surface area contributed by atoms with Crippen molar-refractivity contribution in [2.75, 3.05) is 17.2 Å². The number of urea groups is 1. The lowest BCUT2D eigenvalue weighted by Crippen LogP contribution is -2.18. The Morgan fingerprint density at radius 3 is 1.16 bits per heavy atom. The van der Waals surface area contributed by atoms with Crippen LogP contribution in [0.25, 0.3) is 0 Å². The number of aromatic nitrogens is 3. The third-order valence-electron chi connectivity index (χ3n) is 0.687. The summed E-state index contributed by atoms with van der Waals surface area (Å²) in [6.07, 6.45) is 0. The van der Waals surface area contributed by atoms with Gasteiger partial charge in [-0.25, -0.2) is 4.79 Å². The third kappa shape index (κ3) is 31.3. The van der Waals surface area contributed by atoms with E-state index in [0.29, 0.717) is 0 Å². The number of rotatable bonds is 0. The van der Waals surface area contributed by atoms with Gasteiger partial charge in [0.2, 0.25) is 17.8 Å². The van der Waals surface area contributed by atoms with Crippen LogP contribution in [0.5, 0.6) is 0 Å². The molecule has 1 rings (SSSR count). The molecule has 0 unspecified atom stereocenters. The average molecular weight is 298 g/mol. The van der Waals surface area contributed by atoms with E-state index in [-0.39, 0.29) is 17.8 Å². The van der Waals surface area contributed by atoms with Crippen LogP contribution in [0.15, 0.2) is 0 Å². The molecule has 0 radical (unpaired) electrons. The van der Waals surface area contributed by atoms with Crippen LogP contribution in [0, 0.1) is 0 Å². The maximum absolute atomic E-state index is 9.00. The van der Waals surface area contributed by atoms with Crippen molar-refractivity contribution in [2.24, 2.45) is 11.5 Å². The number of nitrogen functional groups attached to an aromatic ring is 3. The normalized spacial score (nSPS) is 7.74. The fourth-order valence-electron chi connectivity index (χ4n) is 0.427. The number of anilines is 3. The molecule has 0 aliphatic carbocycles. The zero-order valence-corrected chi connectivity index (χ0v) is 10.3. The second-order valence-corrected chi connectivity index (χ2v) is 2.50. The van der Waals surface area contributed by atoms with Gasteiger partial charge in [-0.3, -0.25) is 9.11 Å². The van der Waals surface area contributed by atoms with E-state index in [2.05, 4.69) is 26.4 Å². The second-order valence-electron chi connectivity index (χ2n) is 2.04. The molecule has 0 saturated carbocycles. The van der Waals surface area contributed by atoms with Gasteiger partial charge in [-0.15, -0.1) is 0 Å². The van der Waals surface area contributed by atoms with E-state index in [0.717, 1.165) is 0 Å². The Morgan fingerprint density at radius 1 is 0.947 bits per heavy atom. The van der Waals surface area contributed by atoms with Crippen LogP contribution in [-0.4, -0.2) is 41.1 Å². The maximum Gasteiger partial charge on any atom is 0.309 e. The Bertz CT molecular complexity index is 333. The average Bonchev–Trinajstić information content (AvgIpc) is 2.16. The quantitative estimate of drug-likeness (QED) is 0.239. The molecule has 12 N–H and O–H groups in total. The molecule has 1 heterocycles. The number of nitrogens with two attached hydrogens (primary N) is 5. The van der Waals surface area contributed by atoms with Crippen molar-refractivity contribution in [3.8, 4) is 0 Å². The first-order chi connectivity index (χ1) is 8.65. The van der Waals surface area contributed by atoms with Gasteiger partial charge >= 0.3 is 6.03 Å². The molecule has 0 spiro atoms. The molecule has 0 fully saturated rings. The number of hydrogen-bond acceptors (Lipinski definition) is 9. The van der Waals surface area contributed by atoms with Crippen LogP contribution in [0.2, 0.25) is 0 Å². The molecule has 2 amide bonds. The van der Waals surface area contributed by atoms with Crippen molar-refractivity contribution in [1.82, 2.24) is 15.0 Å². The van der Waals surface area contributed by atoms with E-state index in [1.165, 1.54) is 0 Å². The fourth-order valence-corrected chi connectivity index (χ4v) is 0.427. The molecule has 110 valence electrons. The molecule has 19 heavy (non-hydrogen) atoms. The maximum atomic E-state index is 9.00. The molecule has 1 aromatic rings. The zero-order chi connectivity index (χ0) is 16.0. The number of nitrogens with zero attached hydrogens (tertiary/aromatic N) is 3. The minimum atomic E-state index is -2.61. The van der Waals surface area contributed by atoms with Crippen LogP contribution < -0.4 is 28.7 Å². The molecule has 0 aliphatic rings. The van der Waals surface area contributed by atoms with Crippen molar-refractivity contribution in [1.29, 1.82) is 0 Å². The Hall–Kier alpha value is -2.58. The van der Waals surface area contributed by atoms with E-state index in [1.807, 2.05) is 6.79 Å². The predicted octanol–water partition coefficient (Wildman–Crippen LogP) is -2.86. The summed E-state index contributed by atoms with van der Waals surface area (Å²) >= 11 is -2.61. The van der Waals surface area contributed by atoms with Crippen LogP contribution >= 0.6 is 0 Å². The Labute approximate surface area is 109 Å². The van der Waals surface area contributed by atoms with Gasteiger partial charge in [-0.2, -0.15) is 19.2 Å². The van der Waals surface area contributed by atoms with E-state index < -0.39 is 17.4 Å². The van der Waals surface area contributed by atoms with Crippen molar-refractivity contribution in [3.05, 3.63) is 0 Å². The number of carbonyl (C=O) groups is 2. The van der Waals surface area contributed by atoms with Crippen molar-refractivity contribution in [2.45, 2.75) is 0 Å². The molecule has 0 aliphatic heterocycles. The highest BCUT2D eigenvalue weighted by atomic mass is 32.2. The first kappa shape index (κ1) is 21.7. The van der Waals surface area contributed by atoms with Gasteiger partial charge in [0.15, 0.2) is 0 Å². The highest BCUT2D eigenvalue weighted by Gasteiger charge is 1.93. The zero-order valence-electron chi connectivity index (χ0n) is 9.46. The van der Waals surface area contributed by atoms with Gasteiger partial charge in [0.25, 0.3) is 11.4 Å². The van der Waals surface area contributed by atoms with Crippen molar-refractivity contribution in [3.63, 3.8) is 0 Å². The van der Waals surface area contributed by atoms with Gasteiger partial charge in [0, 0.05) is 0 Å². The van der Waals surface area contributed by atoms with Gasteiger partial charge in [0.1, 0.15) is 6.79 Å². The van der Waals surface area contributed by atoms with E-state index >= 15 is 0 Å². The van der Waals surface area contributed by atoms with Crippen LogP contribution in [0.3, 0.4) is 0 Å². The highest BCUT2D eigenvalue weighted by Crippen LogP contribution is 1.97. The van der Waals surface area contributed by atoms with Crippen molar-refractivity contribution < 1.29 is 22.9 Å². The van der Waals surface area contributed by atoms with Crippen LogP contribution in [0.1, 0.15) is 0 Å². The smallest absolute Gasteiger partial charge is 0.309 e. The first-order valence-electron chi connectivity index (χ1n) is 3.81. The SMILES string of the molecule is C=O.NC(N)=O.Nc1nc(N)nc(N)n1.O=S(O)O. The molecular formula is C5H14N8O5S. The second kappa shape index (κ2) is 13.5. The molecule has 0 bridgehead atoms. The molecule has 0 aromatic carbocycles. The Morgan fingerprint density at radius 2 is 1.05 bits per heavy atom. The highest BCUT2D eigenvalue weighted by molar-refractivity contribution is 7.73. The van der Waals surface area contributed by atoms with Crippen LogP contribution in [0.4, 0.5) is 22.6 Å². The molecule has 13 nitrogen and oxygen atoms in total. The van der Waals surface area contributed by atoms with E-state index in [4.69, 9.17) is 40.1 Å². The van der Waals surface area contributed by atoms with Gasteiger partial charge in [0.05, 0.1) is 0 Å². The summed E-state index contributed by atoms with van der Waals surface area (Å²) in [4.78, 5) is 27.5. The van der Waals surface area contributed by atoms with E-state index in [9.17, 15) is 0 Å². The largest absolute Gasteiger partial charge is 0.368 e.